The molecule has 2 atom stereocenters. The van der Waals surface area contributed by atoms with Gasteiger partial charge >= 0.3 is 6.18 Å². The highest BCUT2D eigenvalue weighted by atomic mass is 19.4. The van der Waals surface area contributed by atoms with Crippen molar-refractivity contribution in [2.75, 3.05) is 0 Å². The molecule has 0 heterocycles. The molecule has 1 aliphatic rings. The first-order valence-corrected chi connectivity index (χ1v) is 8.67. The Kier molecular flexibility index (Phi) is 6.46. The summed E-state index contributed by atoms with van der Waals surface area (Å²) in [6.07, 6.45) is 0.828. The molecule has 136 valence electrons. The molecule has 0 aromatic heterocycles. The highest BCUT2D eigenvalue weighted by Crippen LogP contribution is 2.32. The zero-order chi connectivity index (χ0) is 18.4. The van der Waals surface area contributed by atoms with Crippen LogP contribution in [0.15, 0.2) is 24.3 Å². The molecule has 3 nitrogen and oxygen atoms in total. The van der Waals surface area contributed by atoms with Crippen molar-refractivity contribution in [3.8, 4) is 6.07 Å². The second kappa shape index (κ2) is 8.37. The third kappa shape index (κ3) is 5.48. The molecule has 0 saturated heterocycles. The van der Waals surface area contributed by atoms with E-state index in [1.54, 1.807) is 13.0 Å². The average molecular weight is 352 g/mol. The second-order valence-corrected chi connectivity index (χ2v) is 6.80. The second-order valence-electron chi connectivity index (χ2n) is 6.80. The number of alkyl halides is 3. The lowest BCUT2D eigenvalue weighted by Gasteiger charge is -2.26. The first-order chi connectivity index (χ1) is 11.8. The number of hydrogen-bond acceptors (Lipinski definition) is 2. The topological polar surface area (TPSA) is 52.9 Å². The fourth-order valence-corrected chi connectivity index (χ4v) is 3.37. The Bertz CT molecular complexity index is 630. The molecule has 0 aliphatic heterocycles. The molecule has 6 heteroatoms. The first kappa shape index (κ1) is 19.3. The van der Waals surface area contributed by atoms with Crippen molar-refractivity contribution in [2.45, 2.75) is 63.6 Å². The van der Waals surface area contributed by atoms with Crippen molar-refractivity contribution >= 4 is 5.91 Å². The SMILES string of the molecule is CC(CC(=O)NC(C#N)C1CCCCC1)c1cccc(C(F)(F)F)c1. The molecule has 0 bridgehead atoms. The van der Waals surface area contributed by atoms with Gasteiger partial charge in [-0.1, -0.05) is 44.4 Å². The average Bonchev–Trinajstić information content (AvgIpc) is 2.59. The molecular formula is C19H23F3N2O. The lowest BCUT2D eigenvalue weighted by Crippen LogP contribution is -2.40. The highest BCUT2D eigenvalue weighted by molar-refractivity contribution is 5.77. The molecular weight excluding hydrogens is 329 g/mol. The maximum atomic E-state index is 12.8. The monoisotopic (exact) mass is 352 g/mol. The molecule has 1 aromatic carbocycles. The molecule has 1 saturated carbocycles. The summed E-state index contributed by atoms with van der Waals surface area (Å²) in [6, 6.07) is 6.70. The van der Waals surface area contributed by atoms with Gasteiger partial charge in [0.2, 0.25) is 5.91 Å². The Morgan fingerprint density at radius 1 is 1.32 bits per heavy atom. The van der Waals surface area contributed by atoms with Crippen molar-refractivity contribution in [2.24, 2.45) is 5.92 Å². The normalized spacial score (nSPS) is 18.2. The van der Waals surface area contributed by atoms with Crippen LogP contribution in [0.4, 0.5) is 13.2 Å². The fourth-order valence-electron chi connectivity index (χ4n) is 3.37. The number of nitrogens with zero attached hydrogens (tertiary/aromatic N) is 1. The minimum absolute atomic E-state index is 0.0617. The number of carbonyl (C=O) groups is 1. The maximum absolute atomic E-state index is 12.8. The molecule has 1 N–H and O–H groups in total. The summed E-state index contributed by atoms with van der Waals surface area (Å²) >= 11 is 0. The first-order valence-electron chi connectivity index (χ1n) is 8.67. The van der Waals surface area contributed by atoms with E-state index in [1.807, 2.05) is 0 Å². The van der Waals surface area contributed by atoms with E-state index >= 15 is 0 Å². The van der Waals surface area contributed by atoms with Crippen LogP contribution < -0.4 is 5.32 Å². The van der Waals surface area contributed by atoms with Crippen molar-refractivity contribution in [3.63, 3.8) is 0 Å². The van der Waals surface area contributed by atoms with Gasteiger partial charge in [-0.3, -0.25) is 4.79 Å². The largest absolute Gasteiger partial charge is 0.416 e. The van der Waals surface area contributed by atoms with Crippen LogP contribution in [-0.2, 0) is 11.0 Å². The Hall–Kier alpha value is -2.03. The van der Waals surface area contributed by atoms with Crippen LogP contribution in [0.2, 0.25) is 0 Å². The van der Waals surface area contributed by atoms with Gasteiger partial charge in [-0.2, -0.15) is 18.4 Å². The molecule has 2 unspecified atom stereocenters. The van der Waals surface area contributed by atoms with E-state index in [0.29, 0.717) is 5.56 Å². The summed E-state index contributed by atoms with van der Waals surface area (Å²) in [6.45, 7) is 1.72. The fraction of sp³-hybridized carbons (Fsp3) is 0.579. The van der Waals surface area contributed by atoms with E-state index < -0.39 is 17.8 Å². The smallest absolute Gasteiger partial charge is 0.340 e. The third-order valence-corrected chi connectivity index (χ3v) is 4.85. The number of nitriles is 1. The molecule has 1 amide bonds. The van der Waals surface area contributed by atoms with E-state index in [0.717, 1.165) is 44.2 Å². The Balaban J connectivity index is 1.96. The zero-order valence-corrected chi connectivity index (χ0v) is 14.3. The van der Waals surface area contributed by atoms with Gasteiger partial charge in [0.25, 0.3) is 0 Å². The van der Waals surface area contributed by atoms with Gasteiger partial charge in [0, 0.05) is 6.42 Å². The zero-order valence-electron chi connectivity index (χ0n) is 14.3. The van der Waals surface area contributed by atoms with E-state index in [-0.39, 0.29) is 24.2 Å². The molecule has 25 heavy (non-hydrogen) atoms. The number of rotatable bonds is 5. The third-order valence-electron chi connectivity index (χ3n) is 4.85. The Morgan fingerprint density at radius 2 is 2.00 bits per heavy atom. The van der Waals surface area contributed by atoms with Crippen molar-refractivity contribution in [3.05, 3.63) is 35.4 Å². The van der Waals surface area contributed by atoms with Crippen LogP contribution in [0.5, 0.6) is 0 Å². The van der Waals surface area contributed by atoms with Gasteiger partial charge in [-0.15, -0.1) is 0 Å². The van der Waals surface area contributed by atoms with Crippen LogP contribution in [0.1, 0.15) is 62.5 Å². The van der Waals surface area contributed by atoms with Gasteiger partial charge in [0.1, 0.15) is 6.04 Å². The number of hydrogen-bond donors (Lipinski definition) is 1. The van der Waals surface area contributed by atoms with Crippen LogP contribution in [-0.4, -0.2) is 11.9 Å². The Labute approximate surface area is 146 Å². The predicted molar refractivity (Wildman–Crippen MR) is 88.6 cm³/mol. The van der Waals surface area contributed by atoms with Crippen LogP contribution in [0, 0.1) is 17.2 Å². The van der Waals surface area contributed by atoms with E-state index in [4.69, 9.17) is 0 Å². The van der Waals surface area contributed by atoms with E-state index in [2.05, 4.69) is 11.4 Å². The summed E-state index contributed by atoms with van der Waals surface area (Å²) in [5.41, 5.74) is -0.245. The number of amides is 1. The minimum Gasteiger partial charge on any atom is -0.340 e. The predicted octanol–water partition coefficient (Wildman–Crippen LogP) is 4.79. The van der Waals surface area contributed by atoms with E-state index in [9.17, 15) is 23.2 Å². The molecule has 2 rings (SSSR count). The van der Waals surface area contributed by atoms with Crippen LogP contribution in [0.3, 0.4) is 0 Å². The maximum Gasteiger partial charge on any atom is 0.416 e. The summed E-state index contributed by atoms with van der Waals surface area (Å²) < 4.78 is 38.4. The molecule has 1 aromatic rings. The molecule has 1 fully saturated rings. The lowest BCUT2D eigenvalue weighted by atomic mass is 9.84. The van der Waals surface area contributed by atoms with Crippen molar-refractivity contribution < 1.29 is 18.0 Å². The number of benzene rings is 1. The van der Waals surface area contributed by atoms with Gasteiger partial charge in [-0.25, -0.2) is 0 Å². The quantitative estimate of drug-likeness (QED) is 0.828. The molecule has 1 aliphatic carbocycles. The van der Waals surface area contributed by atoms with Crippen molar-refractivity contribution in [1.82, 2.24) is 5.32 Å². The highest BCUT2D eigenvalue weighted by Gasteiger charge is 2.31. The number of halogens is 3. The van der Waals surface area contributed by atoms with Gasteiger partial charge < -0.3 is 5.32 Å². The number of nitrogens with one attached hydrogen (secondary N) is 1. The summed E-state index contributed by atoms with van der Waals surface area (Å²) in [7, 11) is 0. The Morgan fingerprint density at radius 3 is 2.60 bits per heavy atom. The summed E-state index contributed by atoms with van der Waals surface area (Å²) in [5.74, 6) is -0.471. The number of carbonyl (C=O) groups excluding carboxylic acids is 1. The molecule has 0 radical (unpaired) electrons. The van der Waals surface area contributed by atoms with Gasteiger partial charge in [-0.05, 0) is 36.3 Å². The lowest BCUT2D eigenvalue weighted by molar-refractivity contribution is -0.137. The van der Waals surface area contributed by atoms with Gasteiger partial charge in [0.15, 0.2) is 0 Å². The van der Waals surface area contributed by atoms with Crippen LogP contribution in [0.25, 0.3) is 0 Å². The van der Waals surface area contributed by atoms with Gasteiger partial charge in [0.05, 0.1) is 11.6 Å². The standard InChI is InChI=1S/C19H23F3N2O/c1-13(15-8-5-9-16(11-15)19(20,21)22)10-18(25)24-17(12-23)14-6-3-2-4-7-14/h5,8-9,11,13-14,17H,2-4,6-7,10H2,1H3,(H,24,25). The minimum atomic E-state index is -4.40. The van der Waals surface area contributed by atoms with E-state index in [1.165, 1.54) is 6.07 Å². The molecule has 0 spiro atoms. The van der Waals surface area contributed by atoms with Crippen LogP contribution >= 0.6 is 0 Å². The van der Waals surface area contributed by atoms with Crippen molar-refractivity contribution in [1.29, 1.82) is 5.26 Å². The summed E-state index contributed by atoms with van der Waals surface area (Å²) in [5, 5.41) is 12.1. The summed E-state index contributed by atoms with van der Waals surface area (Å²) in [4.78, 5) is 12.2.